The van der Waals surface area contributed by atoms with Crippen LogP contribution in [0.4, 0.5) is 11.4 Å². The maximum absolute atomic E-state index is 13.9. The van der Waals surface area contributed by atoms with Crippen molar-refractivity contribution >= 4 is 29.2 Å². The molecule has 3 unspecified atom stereocenters. The molecule has 3 aromatic rings. The third-order valence-electron chi connectivity index (χ3n) is 8.76. The van der Waals surface area contributed by atoms with Crippen LogP contribution in [0.15, 0.2) is 67.0 Å². The number of para-hydroxylation sites is 1. The number of aliphatic carboxylic acids is 1. The summed E-state index contributed by atoms with van der Waals surface area (Å²) < 4.78 is 11.1. The van der Waals surface area contributed by atoms with Crippen LogP contribution < -0.4 is 19.3 Å². The van der Waals surface area contributed by atoms with Crippen LogP contribution >= 0.6 is 0 Å². The lowest BCUT2D eigenvalue weighted by Gasteiger charge is -2.31. The highest BCUT2D eigenvalue weighted by Crippen LogP contribution is 2.43. The second kappa shape index (κ2) is 12.4. The third kappa shape index (κ3) is 5.79. The fraction of sp³-hybridized carbons (Fsp3) is 0.394. The van der Waals surface area contributed by atoms with Gasteiger partial charge < -0.3 is 24.4 Å². The second-order valence-corrected chi connectivity index (χ2v) is 11.3. The van der Waals surface area contributed by atoms with Crippen LogP contribution in [-0.2, 0) is 20.8 Å². The van der Waals surface area contributed by atoms with E-state index < -0.39 is 17.9 Å². The molecule has 0 saturated carbocycles. The summed E-state index contributed by atoms with van der Waals surface area (Å²) in [5, 5.41) is 10.6. The molecule has 6 rings (SSSR count). The summed E-state index contributed by atoms with van der Waals surface area (Å²) in [4.78, 5) is 49.5. The van der Waals surface area contributed by atoms with Crippen LogP contribution in [0.5, 0.6) is 11.5 Å². The van der Waals surface area contributed by atoms with Gasteiger partial charge in [-0.1, -0.05) is 37.6 Å². The second-order valence-electron chi connectivity index (χ2n) is 11.3. The van der Waals surface area contributed by atoms with Gasteiger partial charge in [0.25, 0.3) is 0 Å². The first-order chi connectivity index (χ1) is 20.9. The summed E-state index contributed by atoms with van der Waals surface area (Å²) in [5.41, 5.74) is 3.39. The maximum Gasteiger partial charge on any atom is 0.308 e. The van der Waals surface area contributed by atoms with Crippen molar-refractivity contribution in [1.82, 2.24) is 9.88 Å². The number of fused-ring (bicyclic) bond motifs is 2. The monoisotopic (exact) mass is 584 g/mol. The molecule has 1 fully saturated rings. The molecule has 10 nitrogen and oxygen atoms in total. The van der Waals surface area contributed by atoms with Crippen LogP contribution in [0.2, 0.25) is 0 Å². The zero-order valence-corrected chi connectivity index (χ0v) is 24.2. The maximum atomic E-state index is 13.9. The number of carbonyl (C=O) groups is 3. The summed E-state index contributed by atoms with van der Waals surface area (Å²) in [6, 6.07) is 16.5. The first kappa shape index (κ1) is 28.7. The normalized spacial score (nSPS) is 20.8. The van der Waals surface area contributed by atoms with Crippen molar-refractivity contribution in [3.8, 4) is 11.5 Å². The number of rotatable bonds is 11. The van der Waals surface area contributed by atoms with Crippen molar-refractivity contribution in [3.63, 3.8) is 0 Å². The van der Waals surface area contributed by atoms with E-state index in [1.807, 2.05) is 53.4 Å². The number of benzene rings is 2. The number of ether oxygens (including phenoxy) is 2. The largest absolute Gasteiger partial charge is 0.481 e. The molecule has 1 N–H and O–H groups in total. The Hall–Kier alpha value is -4.44. The van der Waals surface area contributed by atoms with Crippen molar-refractivity contribution in [2.75, 3.05) is 42.8 Å². The number of hydrogen-bond acceptors (Lipinski definition) is 7. The number of carbonyl (C=O) groups excluding carboxylic acids is 2. The van der Waals surface area contributed by atoms with E-state index in [9.17, 15) is 19.5 Å². The summed E-state index contributed by atoms with van der Waals surface area (Å²) in [7, 11) is 0. The van der Waals surface area contributed by atoms with Crippen molar-refractivity contribution in [2.45, 2.75) is 44.6 Å². The topological polar surface area (TPSA) is 113 Å². The van der Waals surface area contributed by atoms with Gasteiger partial charge in [-0.25, -0.2) is 0 Å². The fourth-order valence-electron chi connectivity index (χ4n) is 6.64. The van der Waals surface area contributed by atoms with Gasteiger partial charge in [0.1, 0.15) is 0 Å². The first-order valence-corrected chi connectivity index (χ1v) is 14.9. The molecule has 0 bridgehead atoms. The highest BCUT2D eigenvalue weighted by atomic mass is 16.7. The molecule has 43 heavy (non-hydrogen) atoms. The number of carboxylic acids is 1. The van der Waals surface area contributed by atoms with Gasteiger partial charge in [0.05, 0.1) is 30.8 Å². The van der Waals surface area contributed by atoms with Gasteiger partial charge in [-0.2, -0.15) is 0 Å². The van der Waals surface area contributed by atoms with Crippen molar-refractivity contribution in [1.29, 1.82) is 0 Å². The van der Waals surface area contributed by atoms with Crippen molar-refractivity contribution < 1.29 is 29.0 Å². The molecule has 1 saturated heterocycles. The van der Waals surface area contributed by atoms with E-state index in [1.54, 1.807) is 28.3 Å². The van der Waals surface area contributed by atoms with E-state index in [1.165, 1.54) is 0 Å². The Balaban J connectivity index is 1.30. The Labute approximate surface area is 250 Å². The zero-order chi connectivity index (χ0) is 29.9. The molecular formula is C33H36N4O6. The van der Waals surface area contributed by atoms with Gasteiger partial charge in [0, 0.05) is 43.5 Å². The van der Waals surface area contributed by atoms with Crippen molar-refractivity contribution in [3.05, 3.63) is 78.1 Å². The van der Waals surface area contributed by atoms with Crippen LogP contribution in [0.3, 0.4) is 0 Å². The number of amides is 2. The first-order valence-electron chi connectivity index (χ1n) is 14.9. The number of anilines is 2. The van der Waals surface area contributed by atoms with E-state index in [0.29, 0.717) is 44.0 Å². The number of likely N-dealkylation sites (tertiary alicyclic amines) is 1. The number of nitrogens with zero attached hydrogens (tertiary/aromatic N) is 4. The fourth-order valence-corrected chi connectivity index (χ4v) is 6.64. The minimum atomic E-state index is -0.925. The molecule has 3 aliphatic rings. The quantitative estimate of drug-likeness (QED) is 0.359. The van der Waals surface area contributed by atoms with Gasteiger partial charge in [-0.15, -0.1) is 0 Å². The predicted molar refractivity (Wildman–Crippen MR) is 160 cm³/mol. The van der Waals surface area contributed by atoms with Crippen molar-refractivity contribution in [2.24, 2.45) is 5.92 Å². The Kier molecular flexibility index (Phi) is 8.29. The average molecular weight is 585 g/mol. The van der Waals surface area contributed by atoms with Gasteiger partial charge in [-0.3, -0.25) is 24.3 Å². The summed E-state index contributed by atoms with van der Waals surface area (Å²) in [6.45, 7) is 3.55. The number of unbranched alkanes of at least 4 members (excludes halogenated alkanes) is 1. The molecule has 2 amide bonds. The van der Waals surface area contributed by atoms with E-state index >= 15 is 0 Å². The highest BCUT2D eigenvalue weighted by molar-refractivity contribution is 6.01. The Bertz CT molecular complexity index is 1500. The van der Waals surface area contributed by atoms with Crippen LogP contribution in [0.1, 0.15) is 43.2 Å². The van der Waals surface area contributed by atoms with E-state index in [0.717, 1.165) is 35.3 Å². The van der Waals surface area contributed by atoms with Gasteiger partial charge in [0.2, 0.25) is 18.6 Å². The Morgan fingerprint density at radius 1 is 1.09 bits per heavy atom. The SMILES string of the molecule is CCCCN(C(=O)CN1CC(c2ccc3c(c2)OCO3)C(C(=O)O)C1CCN1C(=O)Cc2ccccc21)c1cccnc1. The highest BCUT2D eigenvalue weighted by Gasteiger charge is 2.48. The van der Waals surface area contributed by atoms with Crippen LogP contribution in [0.25, 0.3) is 0 Å². The Morgan fingerprint density at radius 2 is 1.93 bits per heavy atom. The lowest BCUT2D eigenvalue weighted by atomic mass is 9.84. The molecule has 0 radical (unpaired) electrons. The van der Waals surface area contributed by atoms with Gasteiger partial charge >= 0.3 is 5.97 Å². The number of aromatic nitrogens is 1. The molecule has 3 atom stereocenters. The minimum Gasteiger partial charge on any atom is -0.481 e. The lowest BCUT2D eigenvalue weighted by Crippen LogP contribution is -2.46. The molecule has 4 heterocycles. The lowest BCUT2D eigenvalue weighted by molar-refractivity contribution is -0.143. The molecule has 1 aromatic heterocycles. The standard InChI is InChI=1S/C33H36N4O6/c1-2-3-14-36(24-8-6-13-34-18-24)31(39)20-35-19-25(22-10-11-28-29(16-22)43-21-42-28)32(33(40)41)27(35)12-15-37-26-9-5-4-7-23(26)17-30(37)38/h4-11,13,16,18,25,27,32H,2-3,12,14-15,17,19-21H2,1H3,(H,40,41). The molecule has 0 spiro atoms. The van der Waals surface area contributed by atoms with Crippen LogP contribution in [-0.4, -0.2) is 71.8 Å². The van der Waals surface area contributed by atoms with Gasteiger partial charge in [0.15, 0.2) is 11.5 Å². The zero-order valence-electron chi connectivity index (χ0n) is 24.2. The minimum absolute atomic E-state index is 0.00309. The van der Waals surface area contributed by atoms with E-state index in [4.69, 9.17) is 9.47 Å². The predicted octanol–water partition coefficient (Wildman–Crippen LogP) is 4.09. The molecule has 2 aromatic carbocycles. The molecule has 3 aliphatic heterocycles. The molecular weight excluding hydrogens is 548 g/mol. The summed E-state index contributed by atoms with van der Waals surface area (Å²) in [5.74, 6) is -0.975. The molecule has 0 aliphatic carbocycles. The van der Waals surface area contributed by atoms with E-state index in [2.05, 4.69) is 11.9 Å². The Morgan fingerprint density at radius 3 is 2.72 bits per heavy atom. The molecule has 224 valence electrons. The molecule has 10 heteroatoms. The van der Waals surface area contributed by atoms with Gasteiger partial charge in [-0.05, 0) is 54.3 Å². The van der Waals surface area contributed by atoms with Crippen LogP contribution in [0, 0.1) is 5.92 Å². The third-order valence-corrected chi connectivity index (χ3v) is 8.76. The summed E-state index contributed by atoms with van der Waals surface area (Å²) >= 11 is 0. The smallest absolute Gasteiger partial charge is 0.308 e. The number of pyridine rings is 1. The summed E-state index contributed by atoms with van der Waals surface area (Å²) in [6.07, 6.45) is 5.86. The van der Waals surface area contributed by atoms with E-state index in [-0.39, 0.29) is 31.1 Å². The number of carboxylic acid groups (broad SMARTS) is 1. The average Bonchev–Trinajstić information content (AvgIpc) is 3.71. The number of hydrogen-bond donors (Lipinski definition) is 1.